The zero-order valence-corrected chi connectivity index (χ0v) is 14.2. The number of pyridine rings is 1. The topological polar surface area (TPSA) is 46.8 Å². The summed E-state index contributed by atoms with van der Waals surface area (Å²) in [5.74, 6) is 0.690. The van der Waals surface area contributed by atoms with E-state index >= 15 is 0 Å². The van der Waals surface area contributed by atoms with Crippen molar-refractivity contribution in [3.8, 4) is 5.75 Å². The number of hydrogen-bond donors (Lipinski definition) is 0. The van der Waals surface area contributed by atoms with E-state index in [-0.39, 0.29) is 17.4 Å². The summed E-state index contributed by atoms with van der Waals surface area (Å²) < 4.78 is 5.94. The molecule has 1 aromatic carbocycles. The number of aromatic nitrogens is 1. The molecule has 0 N–H and O–H groups in total. The van der Waals surface area contributed by atoms with Crippen molar-refractivity contribution in [1.29, 1.82) is 0 Å². The lowest BCUT2D eigenvalue weighted by atomic mass is 9.61. The predicted octanol–water partition coefficient (Wildman–Crippen LogP) is 3.97. The molecule has 6 heteroatoms. The van der Waals surface area contributed by atoms with Crippen LogP contribution in [0.2, 0.25) is 5.02 Å². The molecule has 1 amide bonds. The van der Waals surface area contributed by atoms with Gasteiger partial charge in [0, 0.05) is 24.7 Å². The lowest BCUT2D eigenvalue weighted by Crippen LogP contribution is -2.65. The number of likely N-dealkylation sites (tertiary alicyclic amines) is 1. The van der Waals surface area contributed by atoms with E-state index in [9.17, 15) is 4.79 Å². The zero-order valence-electron chi connectivity index (χ0n) is 13.5. The quantitative estimate of drug-likeness (QED) is 0.784. The van der Waals surface area contributed by atoms with Crippen molar-refractivity contribution in [1.82, 2.24) is 9.88 Å². The van der Waals surface area contributed by atoms with Gasteiger partial charge in [0.05, 0.1) is 11.6 Å². The summed E-state index contributed by atoms with van der Waals surface area (Å²) in [5.41, 5.74) is 1.12. The molecule has 1 aliphatic heterocycles. The number of carbonyl (C=O) groups is 1. The standard InChI is InChI=1S/C19H16ClN3O2/c1-21-16-6-5-13(8-15(16)20)25-14-9-19(10-14)11-23(12-19)18(24)17-4-2-3-7-22-17/h2-8,14H,9-12H2. The fourth-order valence-electron chi connectivity index (χ4n) is 3.65. The van der Waals surface area contributed by atoms with E-state index in [4.69, 9.17) is 22.9 Å². The average molecular weight is 354 g/mol. The zero-order chi connectivity index (χ0) is 17.4. The number of benzene rings is 1. The summed E-state index contributed by atoms with van der Waals surface area (Å²) in [6.07, 6.45) is 3.64. The molecule has 2 aliphatic rings. The lowest BCUT2D eigenvalue weighted by molar-refractivity contribution is -0.103. The molecule has 0 atom stereocenters. The largest absolute Gasteiger partial charge is 0.490 e. The van der Waals surface area contributed by atoms with Crippen LogP contribution in [0.25, 0.3) is 4.85 Å². The molecule has 126 valence electrons. The molecule has 1 aromatic heterocycles. The van der Waals surface area contributed by atoms with Crippen LogP contribution in [0.1, 0.15) is 23.3 Å². The lowest BCUT2D eigenvalue weighted by Gasteiger charge is -2.58. The third-order valence-corrected chi connectivity index (χ3v) is 5.19. The van der Waals surface area contributed by atoms with Gasteiger partial charge in [-0.15, -0.1) is 0 Å². The highest BCUT2D eigenvalue weighted by Gasteiger charge is 2.54. The molecule has 5 nitrogen and oxygen atoms in total. The number of hydrogen-bond acceptors (Lipinski definition) is 3. The Kier molecular flexibility index (Phi) is 3.85. The maximum Gasteiger partial charge on any atom is 0.272 e. The molecule has 2 heterocycles. The average Bonchev–Trinajstić information content (AvgIpc) is 2.56. The van der Waals surface area contributed by atoms with E-state index in [1.54, 1.807) is 36.5 Å². The van der Waals surface area contributed by atoms with Crippen molar-refractivity contribution in [3.63, 3.8) is 0 Å². The molecule has 1 saturated carbocycles. The first-order chi connectivity index (χ1) is 12.1. The number of halogens is 1. The van der Waals surface area contributed by atoms with Crippen LogP contribution in [0.4, 0.5) is 5.69 Å². The number of carbonyl (C=O) groups excluding carboxylic acids is 1. The maximum atomic E-state index is 12.3. The molecule has 1 spiro atoms. The molecule has 0 radical (unpaired) electrons. The van der Waals surface area contributed by atoms with Gasteiger partial charge in [-0.25, -0.2) is 4.85 Å². The minimum atomic E-state index is -0.00268. The molecular formula is C19H16ClN3O2. The van der Waals surface area contributed by atoms with Gasteiger partial charge in [-0.3, -0.25) is 9.78 Å². The summed E-state index contributed by atoms with van der Waals surface area (Å²) in [4.78, 5) is 21.6. The Morgan fingerprint density at radius 2 is 2.12 bits per heavy atom. The Balaban J connectivity index is 1.30. The molecular weight excluding hydrogens is 338 g/mol. The van der Waals surface area contributed by atoms with Crippen LogP contribution in [-0.2, 0) is 0 Å². The van der Waals surface area contributed by atoms with Gasteiger partial charge in [0.15, 0.2) is 0 Å². The maximum absolute atomic E-state index is 12.3. The van der Waals surface area contributed by atoms with Gasteiger partial charge in [0.1, 0.15) is 17.5 Å². The van der Waals surface area contributed by atoms with Crippen molar-refractivity contribution in [2.75, 3.05) is 13.1 Å². The van der Waals surface area contributed by atoms with Crippen molar-refractivity contribution < 1.29 is 9.53 Å². The van der Waals surface area contributed by atoms with Crippen LogP contribution in [0, 0.1) is 12.0 Å². The van der Waals surface area contributed by atoms with Crippen LogP contribution in [0.3, 0.4) is 0 Å². The Morgan fingerprint density at radius 3 is 2.76 bits per heavy atom. The van der Waals surface area contributed by atoms with Crippen LogP contribution >= 0.6 is 11.6 Å². The van der Waals surface area contributed by atoms with E-state index in [1.807, 2.05) is 11.0 Å². The monoisotopic (exact) mass is 353 g/mol. The molecule has 1 aliphatic carbocycles. The van der Waals surface area contributed by atoms with Crippen LogP contribution in [0.5, 0.6) is 5.75 Å². The first-order valence-corrected chi connectivity index (χ1v) is 8.50. The van der Waals surface area contributed by atoms with Gasteiger partial charge in [-0.1, -0.05) is 23.7 Å². The minimum absolute atomic E-state index is 0.00268. The first kappa shape index (κ1) is 15.9. The van der Waals surface area contributed by atoms with Crippen molar-refractivity contribution >= 4 is 23.2 Å². The van der Waals surface area contributed by atoms with Gasteiger partial charge in [-0.05, 0) is 37.1 Å². The van der Waals surface area contributed by atoms with E-state index in [1.165, 1.54) is 0 Å². The molecule has 4 rings (SSSR count). The summed E-state index contributed by atoms with van der Waals surface area (Å²) in [5, 5.41) is 0.414. The molecule has 1 saturated heterocycles. The molecule has 2 fully saturated rings. The molecule has 0 unspecified atom stereocenters. The Morgan fingerprint density at radius 1 is 1.32 bits per heavy atom. The van der Waals surface area contributed by atoms with E-state index < -0.39 is 0 Å². The number of amides is 1. The number of nitrogens with zero attached hydrogens (tertiary/aromatic N) is 3. The Labute approximate surface area is 151 Å². The summed E-state index contributed by atoms with van der Waals surface area (Å²) in [7, 11) is 0. The fourth-order valence-corrected chi connectivity index (χ4v) is 3.86. The third-order valence-electron chi connectivity index (χ3n) is 4.89. The smallest absolute Gasteiger partial charge is 0.272 e. The summed E-state index contributed by atoms with van der Waals surface area (Å²) in [6.45, 7) is 8.53. The second-order valence-electron chi connectivity index (χ2n) is 6.75. The predicted molar refractivity (Wildman–Crippen MR) is 93.9 cm³/mol. The Bertz CT molecular complexity index is 849. The van der Waals surface area contributed by atoms with Crippen molar-refractivity contribution in [2.45, 2.75) is 18.9 Å². The Hall–Kier alpha value is -2.58. The molecule has 25 heavy (non-hydrogen) atoms. The fraction of sp³-hybridized carbons (Fsp3) is 0.316. The summed E-state index contributed by atoms with van der Waals surface area (Å²) >= 11 is 6.04. The second-order valence-corrected chi connectivity index (χ2v) is 7.16. The van der Waals surface area contributed by atoms with Crippen LogP contribution < -0.4 is 4.74 Å². The van der Waals surface area contributed by atoms with Gasteiger partial charge < -0.3 is 9.64 Å². The normalized spacial score (nSPS) is 18.2. The highest BCUT2D eigenvalue weighted by molar-refractivity contribution is 6.33. The van der Waals surface area contributed by atoms with Crippen molar-refractivity contribution in [2.24, 2.45) is 5.41 Å². The van der Waals surface area contributed by atoms with Gasteiger partial charge in [-0.2, -0.15) is 0 Å². The highest BCUT2D eigenvalue weighted by atomic mass is 35.5. The molecule has 0 bridgehead atoms. The van der Waals surface area contributed by atoms with Crippen LogP contribution in [0.15, 0.2) is 42.6 Å². The van der Waals surface area contributed by atoms with Crippen LogP contribution in [-0.4, -0.2) is 35.0 Å². The van der Waals surface area contributed by atoms with E-state index in [2.05, 4.69) is 9.83 Å². The van der Waals surface area contributed by atoms with Gasteiger partial charge >= 0.3 is 0 Å². The first-order valence-electron chi connectivity index (χ1n) is 8.13. The van der Waals surface area contributed by atoms with Gasteiger partial charge in [0.2, 0.25) is 5.69 Å². The van der Waals surface area contributed by atoms with E-state index in [0.29, 0.717) is 22.2 Å². The second kappa shape index (κ2) is 6.05. The summed E-state index contributed by atoms with van der Waals surface area (Å²) in [6, 6.07) is 10.5. The molecule has 2 aromatic rings. The minimum Gasteiger partial charge on any atom is -0.490 e. The van der Waals surface area contributed by atoms with E-state index in [0.717, 1.165) is 25.9 Å². The number of ether oxygens (including phenoxy) is 1. The third kappa shape index (κ3) is 2.94. The van der Waals surface area contributed by atoms with Gasteiger partial charge in [0.25, 0.3) is 5.91 Å². The highest BCUT2D eigenvalue weighted by Crippen LogP contribution is 2.50. The number of rotatable bonds is 3. The SMILES string of the molecule is [C-]#[N+]c1ccc(OC2CC3(C2)CN(C(=O)c2ccccn2)C3)cc1Cl. The van der Waals surface area contributed by atoms with Crippen molar-refractivity contribution in [3.05, 3.63) is 64.7 Å².